The standard InChI is InChI=1S/C21H22BrN3OS/c22-17-4-2-16(3-5-17)19-7-6-18(27-19)14-24-10-12-25(13-11-24)20(26)21(15-23)8-1-9-21/h2-7H,1,8-14H2. The average molecular weight is 444 g/mol. The Morgan fingerprint density at radius 3 is 2.41 bits per heavy atom. The molecular weight excluding hydrogens is 422 g/mol. The Morgan fingerprint density at radius 2 is 1.81 bits per heavy atom. The van der Waals surface area contributed by atoms with Crippen LogP contribution in [0.1, 0.15) is 24.1 Å². The van der Waals surface area contributed by atoms with Gasteiger partial charge in [-0.25, -0.2) is 0 Å². The average Bonchev–Trinajstić information content (AvgIpc) is 3.11. The molecule has 2 aromatic rings. The number of carbonyl (C=O) groups excluding carboxylic acids is 1. The van der Waals surface area contributed by atoms with Crippen molar-refractivity contribution in [3.05, 3.63) is 45.7 Å². The highest BCUT2D eigenvalue weighted by molar-refractivity contribution is 9.10. The summed E-state index contributed by atoms with van der Waals surface area (Å²) in [7, 11) is 0. The first-order chi connectivity index (χ1) is 13.1. The van der Waals surface area contributed by atoms with Crippen molar-refractivity contribution in [3.63, 3.8) is 0 Å². The molecule has 0 unspecified atom stereocenters. The van der Waals surface area contributed by atoms with E-state index < -0.39 is 5.41 Å². The fourth-order valence-electron chi connectivity index (χ4n) is 3.77. The Morgan fingerprint density at radius 1 is 1.11 bits per heavy atom. The van der Waals surface area contributed by atoms with Gasteiger partial charge in [-0.1, -0.05) is 28.1 Å². The van der Waals surface area contributed by atoms with E-state index in [4.69, 9.17) is 0 Å². The Bertz CT molecular complexity index is 858. The number of rotatable bonds is 4. The third-order valence-electron chi connectivity index (χ3n) is 5.66. The summed E-state index contributed by atoms with van der Waals surface area (Å²) in [5.41, 5.74) is 0.530. The monoisotopic (exact) mass is 443 g/mol. The fourth-order valence-corrected chi connectivity index (χ4v) is 5.09. The van der Waals surface area contributed by atoms with E-state index in [9.17, 15) is 10.1 Å². The Labute approximate surface area is 172 Å². The molecule has 1 aromatic carbocycles. The highest BCUT2D eigenvalue weighted by Gasteiger charge is 2.47. The molecule has 4 rings (SSSR count). The van der Waals surface area contributed by atoms with Gasteiger partial charge in [-0.05, 0) is 49.1 Å². The molecule has 1 saturated heterocycles. The van der Waals surface area contributed by atoms with Crippen molar-refractivity contribution in [1.82, 2.24) is 9.80 Å². The van der Waals surface area contributed by atoms with Crippen LogP contribution in [0, 0.1) is 16.7 Å². The zero-order valence-electron chi connectivity index (χ0n) is 15.2. The molecule has 0 bridgehead atoms. The topological polar surface area (TPSA) is 47.3 Å². The largest absolute Gasteiger partial charge is 0.339 e. The van der Waals surface area contributed by atoms with Gasteiger partial charge in [0.2, 0.25) is 5.91 Å². The molecule has 0 N–H and O–H groups in total. The summed E-state index contributed by atoms with van der Waals surface area (Å²) < 4.78 is 1.09. The lowest BCUT2D eigenvalue weighted by molar-refractivity contribution is -0.144. The highest BCUT2D eigenvalue weighted by Crippen LogP contribution is 2.42. The molecule has 1 aliphatic carbocycles. The number of halogens is 1. The Balaban J connectivity index is 1.33. The summed E-state index contributed by atoms with van der Waals surface area (Å²) in [4.78, 5) is 19.6. The van der Waals surface area contributed by atoms with Gasteiger partial charge < -0.3 is 4.90 Å². The first-order valence-corrected chi connectivity index (χ1v) is 11.0. The van der Waals surface area contributed by atoms with Crippen LogP contribution in [0.2, 0.25) is 0 Å². The maximum atomic E-state index is 12.7. The van der Waals surface area contributed by atoms with Crippen molar-refractivity contribution in [1.29, 1.82) is 5.26 Å². The van der Waals surface area contributed by atoms with E-state index in [2.05, 4.69) is 63.3 Å². The van der Waals surface area contributed by atoms with Gasteiger partial charge in [-0.15, -0.1) is 11.3 Å². The number of thiophene rings is 1. The molecule has 1 aliphatic heterocycles. The van der Waals surface area contributed by atoms with E-state index in [0.717, 1.165) is 56.5 Å². The van der Waals surface area contributed by atoms with Crippen molar-refractivity contribution in [3.8, 4) is 16.5 Å². The second kappa shape index (κ2) is 7.75. The van der Waals surface area contributed by atoms with E-state index >= 15 is 0 Å². The van der Waals surface area contributed by atoms with Crippen molar-refractivity contribution >= 4 is 33.2 Å². The molecule has 1 saturated carbocycles. The minimum absolute atomic E-state index is 0.0598. The van der Waals surface area contributed by atoms with Gasteiger partial charge >= 0.3 is 0 Å². The smallest absolute Gasteiger partial charge is 0.243 e. The number of nitriles is 1. The maximum absolute atomic E-state index is 12.7. The van der Waals surface area contributed by atoms with Crippen LogP contribution in [0.5, 0.6) is 0 Å². The number of hydrogen-bond donors (Lipinski definition) is 0. The van der Waals surface area contributed by atoms with Gasteiger partial charge in [0.05, 0.1) is 6.07 Å². The molecule has 2 fully saturated rings. The zero-order chi connectivity index (χ0) is 18.9. The number of amides is 1. The van der Waals surface area contributed by atoms with Crippen molar-refractivity contribution < 1.29 is 4.79 Å². The van der Waals surface area contributed by atoms with Crippen LogP contribution in [-0.4, -0.2) is 41.9 Å². The quantitative estimate of drug-likeness (QED) is 0.697. The van der Waals surface area contributed by atoms with Crippen LogP contribution < -0.4 is 0 Å². The van der Waals surface area contributed by atoms with Crippen LogP contribution in [0.3, 0.4) is 0 Å². The molecular formula is C21H22BrN3OS. The zero-order valence-corrected chi connectivity index (χ0v) is 17.6. The summed E-state index contributed by atoms with van der Waals surface area (Å²) in [6.45, 7) is 4.13. The molecule has 1 aromatic heterocycles. The Kier molecular flexibility index (Phi) is 5.36. The summed E-state index contributed by atoms with van der Waals surface area (Å²) in [6, 6.07) is 15.1. The van der Waals surface area contributed by atoms with Crippen LogP contribution in [0.15, 0.2) is 40.9 Å². The van der Waals surface area contributed by atoms with Gasteiger partial charge in [0.25, 0.3) is 0 Å². The van der Waals surface area contributed by atoms with Crippen LogP contribution in [0.25, 0.3) is 10.4 Å². The molecule has 27 heavy (non-hydrogen) atoms. The lowest BCUT2D eigenvalue weighted by atomic mass is 9.69. The molecule has 0 atom stereocenters. The van der Waals surface area contributed by atoms with E-state index in [-0.39, 0.29) is 5.91 Å². The minimum atomic E-state index is -0.713. The van der Waals surface area contributed by atoms with E-state index in [1.807, 2.05) is 16.2 Å². The minimum Gasteiger partial charge on any atom is -0.339 e. The molecule has 1 amide bonds. The fraction of sp³-hybridized carbons (Fsp3) is 0.429. The summed E-state index contributed by atoms with van der Waals surface area (Å²) >= 11 is 5.31. The second-order valence-corrected chi connectivity index (χ2v) is 9.47. The molecule has 2 aliphatic rings. The molecule has 0 radical (unpaired) electrons. The number of nitrogens with zero attached hydrogens (tertiary/aromatic N) is 3. The SMILES string of the molecule is N#CC1(C(=O)N2CCN(Cc3ccc(-c4ccc(Br)cc4)s3)CC2)CCC1. The summed E-state index contributed by atoms with van der Waals surface area (Å²) in [5.74, 6) is 0.0598. The van der Waals surface area contributed by atoms with Crippen molar-refractivity contribution in [2.24, 2.45) is 5.41 Å². The Hall–Kier alpha value is -1.68. The summed E-state index contributed by atoms with van der Waals surface area (Å²) in [5, 5.41) is 9.39. The van der Waals surface area contributed by atoms with Gasteiger partial charge in [0.15, 0.2) is 0 Å². The molecule has 140 valence electrons. The maximum Gasteiger partial charge on any atom is 0.243 e. The number of carbonyl (C=O) groups is 1. The third kappa shape index (κ3) is 3.82. The predicted molar refractivity (Wildman–Crippen MR) is 111 cm³/mol. The molecule has 0 spiro atoms. The van der Waals surface area contributed by atoms with Crippen LogP contribution >= 0.6 is 27.3 Å². The molecule has 2 heterocycles. The predicted octanol–water partition coefficient (Wildman–Crippen LogP) is 4.52. The first-order valence-electron chi connectivity index (χ1n) is 9.37. The van der Waals surface area contributed by atoms with E-state index in [1.54, 1.807) is 0 Å². The van der Waals surface area contributed by atoms with Gasteiger partial charge in [0, 0.05) is 47.0 Å². The second-order valence-electron chi connectivity index (χ2n) is 7.39. The number of benzene rings is 1. The van der Waals surface area contributed by atoms with Crippen molar-refractivity contribution in [2.45, 2.75) is 25.8 Å². The van der Waals surface area contributed by atoms with E-state index in [1.165, 1.54) is 15.3 Å². The van der Waals surface area contributed by atoms with Crippen LogP contribution in [0.4, 0.5) is 0 Å². The normalized spacial score (nSPS) is 19.3. The van der Waals surface area contributed by atoms with Crippen molar-refractivity contribution in [2.75, 3.05) is 26.2 Å². The van der Waals surface area contributed by atoms with Gasteiger partial charge in [0.1, 0.15) is 5.41 Å². The summed E-state index contributed by atoms with van der Waals surface area (Å²) in [6.07, 6.45) is 2.46. The first kappa shape index (κ1) is 18.7. The van der Waals surface area contributed by atoms with Gasteiger partial charge in [-0.3, -0.25) is 9.69 Å². The number of piperazine rings is 1. The van der Waals surface area contributed by atoms with Crippen LogP contribution in [-0.2, 0) is 11.3 Å². The lowest BCUT2D eigenvalue weighted by Gasteiger charge is -2.41. The lowest BCUT2D eigenvalue weighted by Crippen LogP contribution is -2.54. The number of hydrogen-bond acceptors (Lipinski definition) is 4. The highest BCUT2D eigenvalue weighted by atomic mass is 79.9. The molecule has 4 nitrogen and oxygen atoms in total. The van der Waals surface area contributed by atoms with E-state index in [0.29, 0.717) is 0 Å². The van der Waals surface area contributed by atoms with Gasteiger partial charge in [-0.2, -0.15) is 5.26 Å². The molecule has 6 heteroatoms. The third-order valence-corrected chi connectivity index (χ3v) is 7.31.